The van der Waals surface area contributed by atoms with Gasteiger partial charge in [0.25, 0.3) is 0 Å². The Balaban J connectivity index is 1.42. The molecule has 0 saturated carbocycles. The van der Waals surface area contributed by atoms with E-state index in [2.05, 4.69) is 27.0 Å². The lowest BCUT2D eigenvalue weighted by Crippen LogP contribution is -2.50. The Bertz CT molecular complexity index is 856. The minimum Gasteiger partial charge on any atom is -0.378 e. The molecular formula is C19H22F3N5O2. The number of halogens is 3. The summed E-state index contributed by atoms with van der Waals surface area (Å²) in [6.45, 7) is 5.07. The number of carbonyl (C=O) groups excluding carboxylic acids is 1. The van der Waals surface area contributed by atoms with Crippen LogP contribution in [0.25, 0.3) is 0 Å². The molecule has 0 unspecified atom stereocenters. The molecule has 3 heterocycles. The summed E-state index contributed by atoms with van der Waals surface area (Å²) in [6, 6.07) is 7.59. The number of benzene rings is 1. The van der Waals surface area contributed by atoms with Crippen LogP contribution in [0, 0.1) is 0 Å². The van der Waals surface area contributed by atoms with Gasteiger partial charge in [0.2, 0.25) is 0 Å². The molecule has 1 aromatic heterocycles. The lowest BCUT2D eigenvalue weighted by Gasteiger charge is -2.39. The van der Waals surface area contributed by atoms with Crippen LogP contribution in [0.3, 0.4) is 0 Å². The third kappa shape index (κ3) is 4.16. The lowest BCUT2D eigenvalue weighted by atomic mass is 10.2. The number of aromatic nitrogens is 2. The number of para-hydroxylation sites is 2. The van der Waals surface area contributed by atoms with E-state index in [9.17, 15) is 18.0 Å². The van der Waals surface area contributed by atoms with E-state index in [4.69, 9.17) is 4.74 Å². The highest BCUT2D eigenvalue weighted by Crippen LogP contribution is 2.31. The van der Waals surface area contributed by atoms with Gasteiger partial charge in [0, 0.05) is 45.5 Å². The summed E-state index contributed by atoms with van der Waals surface area (Å²) in [6.07, 6.45) is -3.10. The molecular weight excluding hydrogens is 387 g/mol. The number of ether oxygens (including phenoxy) is 1. The second-order valence-corrected chi connectivity index (χ2v) is 7.02. The standard InChI is InChI=1S/C19H22F3N5O2/c20-19(21,22)15-13-23-27(14-15)18(28)26-7-5-24(6-8-26)16-3-1-2-4-17(16)25-9-11-29-12-10-25/h1-4,13-14H,5-12H2. The van der Waals surface area contributed by atoms with Gasteiger partial charge in [0.1, 0.15) is 0 Å². The van der Waals surface area contributed by atoms with Crippen LogP contribution in [0.1, 0.15) is 5.56 Å². The van der Waals surface area contributed by atoms with Gasteiger partial charge >= 0.3 is 12.2 Å². The molecule has 2 aliphatic rings. The zero-order chi connectivity index (χ0) is 20.4. The van der Waals surface area contributed by atoms with Crippen molar-refractivity contribution in [2.75, 3.05) is 62.3 Å². The van der Waals surface area contributed by atoms with Gasteiger partial charge in [-0.1, -0.05) is 12.1 Å². The third-order valence-corrected chi connectivity index (χ3v) is 5.23. The smallest absolute Gasteiger partial charge is 0.378 e. The van der Waals surface area contributed by atoms with E-state index in [0.29, 0.717) is 45.6 Å². The van der Waals surface area contributed by atoms with E-state index in [1.54, 1.807) is 0 Å². The average Bonchev–Trinajstić information content (AvgIpc) is 3.25. The molecule has 0 atom stereocenters. The van der Waals surface area contributed by atoms with Crippen molar-refractivity contribution in [1.82, 2.24) is 14.7 Å². The molecule has 0 bridgehead atoms. The maximum Gasteiger partial charge on any atom is 0.419 e. The Labute approximate surface area is 166 Å². The van der Waals surface area contributed by atoms with Gasteiger partial charge in [-0.15, -0.1) is 0 Å². The van der Waals surface area contributed by atoms with Crippen LogP contribution >= 0.6 is 0 Å². The fourth-order valence-corrected chi connectivity index (χ4v) is 3.66. The van der Waals surface area contributed by atoms with Crippen LogP contribution in [-0.2, 0) is 10.9 Å². The number of hydrogen-bond acceptors (Lipinski definition) is 5. The molecule has 156 valence electrons. The minimum atomic E-state index is -4.51. The van der Waals surface area contributed by atoms with Gasteiger partial charge in [0.05, 0.1) is 36.3 Å². The molecule has 29 heavy (non-hydrogen) atoms. The quantitative estimate of drug-likeness (QED) is 0.763. The molecule has 0 aliphatic carbocycles. The summed E-state index contributed by atoms with van der Waals surface area (Å²) >= 11 is 0. The van der Waals surface area contributed by atoms with Crippen molar-refractivity contribution in [3.8, 4) is 0 Å². The van der Waals surface area contributed by atoms with Crippen molar-refractivity contribution in [3.05, 3.63) is 42.2 Å². The third-order valence-electron chi connectivity index (χ3n) is 5.23. The molecule has 0 N–H and O–H groups in total. The molecule has 0 radical (unpaired) electrons. The number of piperazine rings is 1. The van der Waals surface area contributed by atoms with E-state index in [0.717, 1.165) is 35.3 Å². The number of morpholine rings is 1. The molecule has 2 aromatic rings. The van der Waals surface area contributed by atoms with Crippen LogP contribution in [-0.4, -0.2) is 73.2 Å². The Kier molecular flexibility index (Phi) is 5.35. The summed E-state index contributed by atoms with van der Waals surface area (Å²) in [5, 5.41) is 3.58. The zero-order valence-electron chi connectivity index (χ0n) is 15.8. The second-order valence-electron chi connectivity index (χ2n) is 7.02. The van der Waals surface area contributed by atoms with Gasteiger partial charge in [-0.05, 0) is 12.1 Å². The summed E-state index contributed by atoms with van der Waals surface area (Å²) in [7, 11) is 0. The molecule has 2 saturated heterocycles. The van der Waals surface area contributed by atoms with E-state index >= 15 is 0 Å². The van der Waals surface area contributed by atoms with Crippen molar-refractivity contribution in [1.29, 1.82) is 0 Å². The summed E-state index contributed by atoms with van der Waals surface area (Å²) in [5.41, 5.74) is 1.31. The highest BCUT2D eigenvalue weighted by molar-refractivity contribution is 5.77. The monoisotopic (exact) mass is 409 g/mol. The molecule has 1 aromatic carbocycles. The van der Waals surface area contributed by atoms with Crippen molar-refractivity contribution in [2.45, 2.75) is 6.18 Å². The summed E-state index contributed by atoms with van der Waals surface area (Å²) in [5.74, 6) is 0. The summed E-state index contributed by atoms with van der Waals surface area (Å²) in [4.78, 5) is 18.5. The molecule has 10 heteroatoms. The molecule has 1 amide bonds. The van der Waals surface area contributed by atoms with Crippen molar-refractivity contribution in [2.24, 2.45) is 0 Å². The van der Waals surface area contributed by atoms with E-state index in [1.165, 1.54) is 4.90 Å². The fourth-order valence-electron chi connectivity index (χ4n) is 3.66. The Hall–Kier alpha value is -2.75. The highest BCUT2D eigenvalue weighted by atomic mass is 19.4. The van der Waals surface area contributed by atoms with Crippen LogP contribution in [0.15, 0.2) is 36.7 Å². The fraction of sp³-hybridized carbons (Fsp3) is 0.474. The molecule has 7 nitrogen and oxygen atoms in total. The molecule has 2 aliphatic heterocycles. The van der Waals surface area contributed by atoms with Crippen molar-refractivity contribution < 1.29 is 22.7 Å². The predicted molar refractivity (Wildman–Crippen MR) is 101 cm³/mol. The van der Waals surface area contributed by atoms with Crippen molar-refractivity contribution >= 4 is 17.4 Å². The van der Waals surface area contributed by atoms with Gasteiger partial charge < -0.3 is 19.4 Å². The maximum atomic E-state index is 12.7. The number of nitrogens with zero attached hydrogens (tertiary/aromatic N) is 5. The van der Waals surface area contributed by atoms with Crippen LogP contribution in [0.4, 0.5) is 29.3 Å². The van der Waals surface area contributed by atoms with Crippen LogP contribution in [0.5, 0.6) is 0 Å². The zero-order valence-corrected chi connectivity index (χ0v) is 15.8. The molecule has 2 fully saturated rings. The number of carbonyl (C=O) groups is 1. The second kappa shape index (κ2) is 7.94. The van der Waals surface area contributed by atoms with Gasteiger partial charge in [-0.25, -0.2) is 4.79 Å². The SMILES string of the molecule is O=C(N1CCN(c2ccccc2N2CCOCC2)CC1)n1cc(C(F)(F)F)cn1. The number of rotatable bonds is 2. The first-order chi connectivity index (χ1) is 13.9. The lowest BCUT2D eigenvalue weighted by molar-refractivity contribution is -0.137. The first kappa shape index (κ1) is 19.6. The van der Waals surface area contributed by atoms with Gasteiger partial charge in [0.15, 0.2) is 0 Å². The Morgan fingerprint density at radius 1 is 0.931 bits per heavy atom. The number of amides is 1. The predicted octanol–water partition coefficient (Wildman–Crippen LogP) is 2.53. The van der Waals surface area contributed by atoms with E-state index in [1.807, 2.05) is 12.1 Å². The average molecular weight is 409 g/mol. The highest BCUT2D eigenvalue weighted by Gasteiger charge is 2.33. The van der Waals surface area contributed by atoms with Crippen LogP contribution < -0.4 is 9.80 Å². The Morgan fingerprint density at radius 2 is 1.52 bits per heavy atom. The largest absolute Gasteiger partial charge is 0.419 e. The number of alkyl halides is 3. The van der Waals surface area contributed by atoms with Crippen LogP contribution in [0.2, 0.25) is 0 Å². The molecule has 0 spiro atoms. The number of anilines is 2. The number of hydrogen-bond donors (Lipinski definition) is 0. The normalized spacial score (nSPS) is 18.2. The minimum absolute atomic E-state index is 0.414. The van der Waals surface area contributed by atoms with Crippen molar-refractivity contribution in [3.63, 3.8) is 0 Å². The maximum absolute atomic E-state index is 12.7. The van der Waals surface area contributed by atoms with Gasteiger partial charge in [-0.3, -0.25) is 0 Å². The van der Waals surface area contributed by atoms with Gasteiger partial charge in [-0.2, -0.15) is 23.0 Å². The first-order valence-electron chi connectivity index (χ1n) is 9.51. The van der Waals surface area contributed by atoms with E-state index in [-0.39, 0.29) is 0 Å². The topological polar surface area (TPSA) is 53.8 Å². The summed E-state index contributed by atoms with van der Waals surface area (Å²) < 4.78 is 44.4. The Morgan fingerprint density at radius 3 is 2.07 bits per heavy atom. The molecule has 4 rings (SSSR count). The first-order valence-corrected chi connectivity index (χ1v) is 9.51. The van der Waals surface area contributed by atoms with E-state index < -0.39 is 17.8 Å².